The van der Waals surface area contributed by atoms with Gasteiger partial charge in [-0.3, -0.25) is 0 Å². The van der Waals surface area contributed by atoms with E-state index in [9.17, 15) is 13.2 Å². The Kier molecular flexibility index (Phi) is 7.40. The minimum atomic E-state index is -3.68. The Balaban J connectivity index is 1.42. The zero-order valence-electron chi connectivity index (χ0n) is 19.2. The fraction of sp³-hybridized carbons (Fsp3) is 0.375. The van der Waals surface area contributed by atoms with Crippen molar-refractivity contribution in [1.29, 1.82) is 0 Å². The fourth-order valence-corrected chi connectivity index (χ4v) is 5.49. The summed E-state index contributed by atoms with van der Waals surface area (Å²) in [6.07, 6.45) is 0. The smallest absolute Gasteiger partial charge is 0.315 e. The lowest BCUT2D eigenvalue weighted by Crippen LogP contribution is -2.41. The number of nitrogens with zero attached hydrogens (tertiary/aromatic N) is 1. The molecule has 9 nitrogen and oxygen atoms in total. The first-order valence-electron chi connectivity index (χ1n) is 11.3. The highest BCUT2D eigenvalue weighted by molar-refractivity contribution is 7.89. The summed E-state index contributed by atoms with van der Waals surface area (Å²) in [5.74, 6) is 1.24. The molecular formula is C24H29N3O6S. The van der Waals surface area contributed by atoms with Crippen LogP contribution in [-0.4, -0.2) is 51.7 Å². The molecule has 4 rings (SSSR count). The van der Waals surface area contributed by atoms with E-state index in [1.54, 1.807) is 24.3 Å². The highest BCUT2D eigenvalue weighted by Crippen LogP contribution is 2.31. The normalized spacial score (nSPS) is 15.7. The second-order valence-corrected chi connectivity index (χ2v) is 9.84. The van der Waals surface area contributed by atoms with Crippen LogP contribution in [0.4, 0.5) is 4.79 Å². The van der Waals surface area contributed by atoms with Gasteiger partial charge in [-0.25, -0.2) is 13.2 Å². The zero-order valence-corrected chi connectivity index (χ0v) is 20.1. The van der Waals surface area contributed by atoms with Crippen LogP contribution in [0.1, 0.15) is 31.2 Å². The van der Waals surface area contributed by atoms with E-state index in [4.69, 9.17) is 13.9 Å². The molecule has 34 heavy (non-hydrogen) atoms. The van der Waals surface area contributed by atoms with Crippen LogP contribution in [0.3, 0.4) is 0 Å². The number of hydrogen-bond donors (Lipinski definition) is 2. The van der Waals surface area contributed by atoms with E-state index in [0.717, 1.165) is 5.39 Å². The number of nitrogens with one attached hydrogen (secondary N) is 2. The van der Waals surface area contributed by atoms with E-state index in [1.165, 1.54) is 4.31 Å². The molecule has 10 heteroatoms. The molecule has 182 valence electrons. The summed E-state index contributed by atoms with van der Waals surface area (Å²) in [4.78, 5) is 12.8. The molecule has 3 aromatic rings. The van der Waals surface area contributed by atoms with E-state index < -0.39 is 22.1 Å². The Morgan fingerprint density at radius 3 is 2.68 bits per heavy atom. The van der Waals surface area contributed by atoms with Crippen LogP contribution in [-0.2, 0) is 21.3 Å². The van der Waals surface area contributed by atoms with Gasteiger partial charge in [0, 0.05) is 25.0 Å². The Morgan fingerprint density at radius 1 is 1.15 bits per heavy atom. The van der Waals surface area contributed by atoms with Crippen molar-refractivity contribution in [1.82, 2.24) is 14.9 Å². The maximum atomic E-state index is 13.1. The van der Waals surface area contributed by atoms with Crippen LogP contribution >= 0.6 is 0 Å². The minimum absolute atomic E-state index is 0.0624. The summed E-state index contributed by atoms with van der Waals surface area (Å²) in [6.45, 7) is 5.66. The maximum Gasteiger partial charge on any atom is 0.315 e. The van der Waals surface area contributed by atoms with Gasteiger partial charge in [0.05, 0.1) is 30.8 Å². The SMILES string of the molecule is CCOc1cccc2cc(C(C)NC(=O)NCc3ccccc3S(=O)(=O)N3CCOCC3)oc12. The summed E-state index contributed by atoms with van der Waals surface area (Å²) in [5, 5.41) is 6.48. The van der Waals surface area contributed by atoms with E-state index in [-0.39, 0.29) is 11.4 Å². The standard InChI is InChI=1S/C24H29N3O6S/c1-3-32-20-9-6-8-18-15-21(33-23(18)20)17(2)26-24(28)25-16-19-7-4-5-10-22(19)34(29,30)27-11-13-31-14-12-27/h4-10,15,17H,3,11-14,16H2,1-2H3,(H2,25,26,28). The van der Waals surface area contributed by atoms with Crippen molar-refractivity contribution in [2.24, 2.45) is 0 Å². The van der Waals surface area contributed by atoms with Gasteiger partial charge in [-0.15, -0.1) is 0 Å². The van der Waals surface area contributed by atoms with Gasteiger partial charge < -0.3 is 24.5 Å². The molecule has 0 spiro atoms. The molecule has 1 aliphatic heterocycles. The van der Waals surface area contributed by atoms with Gasteiger partial charge in [0.15, 0.2) is 11.3 Å². The number of fused-ring (bicyclic) bond motifs is 1. The molecular weight excluding hydrogens is 458 g/mol. The van der Waals surface area contributed by atoms with Crippen LogP contribution in [0.2, 0.25) is 0 Å². The number of benzene rings is 2. The molecule has 1 aromatic heterocycles. The Hall–Kier alpha value is -3.08. The number of hydrogen-bond acceptors (Lipinski definition) is 6. The molecule has 0 saturated carbocycles. The highest BCUT2D eigenvalue weighted by atomic mass is 32.2. The molecule has 0 bridgehead atoms. The number of amides is 2. The van der Waals surface area contributed by atoms with Gasteiger partial charge in [0.25, 0.3) is 0 Å². The van der Waals surface area contributed by atoms with Gasteiger partial charge in [-0.1, -0.05) is 30.3 Å². The molecule has 0 radical (unpaired) electrons. The van der Waals surface area contributed by atoms with Crippen molar-refractivity contribution in [2.75, 3.05) is 32.9 Å². The van der Waals surface area contributed by atoms with Crippen molar-refractivity contribution in [3.8, 4) is 5.75 Å². The van der Waals surface area contributed by atoms with Gasteiger partial charge in [0.2, 0.25) is 10.0 Å². The lowest BCUT2D eigenvalue weighted by Gasteiger charge is -2.27. The first-order chi connectivity index (χ1) is 16.4. The quantitative estimate of drug-likeness (QED) is 0.504. The number of morpholine rings is 1. The average molecular weight is 488 g/mol. The molecule has 0 aliphatic carbocycles. The number of sulfonamides is 1. The lowest BCUT2D eigenvalue weighted by atomic mass is 10.2. The van der Waals surface area contributed by atoms with Crippen molar-refractivity contribution in [2.45, 2.75) is 31.3 Å². The molecule has 1 atom stereocenters. The van der Waals surface area contributed by atoms with Crippen molar-refractivity contribution < 1.29 is 27.1 Å². The molecule has 2 N–H and O–H groups in total. The molecule has 1 saturated heterocycles. The molecule has 1 unspecified atom stereocenters. The van der Waals surface area contributed by atoms with Crippen molar-refractivity contribution >= 4 is 27.0 Å². The Bertz CT molecular complexity index is 1250. The van der Waals surface area contributed by atoms with Crippen molar-refractivity contribution in [3.05, 3.63) is 59.9 Å². The van der Waals surface area contributed by atoms with Gasteiger partial charge >= 0.3 is 6.03 Å². The van der Waals surface area contributed by atoms with Crippen molar-refractivity contribution in [3.63, 3.8) is 0 Å². The van der Waals surface area contributed by atoms with Crippen LogP contribution in [0.15, 0.2) is 57.8 Å². The van der Waals surface area contributed by atoms with Gasteiger partial charge in [-0.2, -0.15) is 4.31 Å². The summed E-state index contributed by atoms with van der Waals surface area (Å²) in [5.41, 5.74) is 1.15. The summed E-state index contributed by atoms with van der Waals surface area (Å²) >= 11 is 0. The first kappa shape index (κ1) is 24.1. The van der Waals surface area contributed by atoms with E-state index in [2.05, 4.69) is 10.6 Å². The van der Waals surface area contributed by atoms with E-state index in [0.29, 0.717) is 55.6 Å². The molecule has 2 amide bonds. The maximum absolute atomic E-state index is 13.1. The number of rotatable bonds is 8. The molecule has 2 heterocycles. The number of ether oxygens (including phenoxy) is 2. The lowest BCUT2D eigenvalue weighted by molar-refractivity contribution is 0.0730. The Morgan fingerprint density at radius 2 is 1.91 bits per heavy atom. The molecule has 1 aliphatic rings. The van der Waals surface area contributed by atoms with Gasteiger partial charge in [0.1, 0.15) is 5.76 Å². The fourth-order valence-electron chi connectivity index (χ4n) is 3.86. The first-order valence-corrected chi connectivity index (χ1v) is 12.7. The number of para-hydroxylation sites is 1. The number of urea groups is 1. The summed E-state index contributed by atoms with van der Waals surface area (Å²) in [6, 6.07) is 13.4. The third-order valence-corrected chi connectivity index (χ3v) is 7.60. The summed E-state index contributed by atoms with van der Waals surface area (Å²) < 4.78 is 44.4. The third kappa shape index (κ3) is 5.19. The Labute approximate surface area is 199 Å². The number of furan rings is 1. The van der Waals surface area contributed by atoms with Crippen LogP contribution < -0.4 is 15.4 Å². The van der Waals surface area contributed by atoms with E-state index >= 15 is 0 Å². The van der Waals surface area contributed by atoms with Crippen LogP contribution in [0.25, 0.3) is 11.0 Å². The average Bonchev–Trinajstić information content (AvgIpc) is 3.29. The third-order valence-electron chi connectivity index (χ3n) is 5.60. The highest BCUT2D eigenvalue weighted by Gasteiger charge is 2.28. The molecule has 2 aromatic carbocycles. The minimum Gasteiger partial charge on any atom is -0.490 e. The predicted molar refractivity (Wildman–Crippen MR) is 127 cm³/mol. The largest absolute Gasteiger partial charge is 0.490 e. The molecule has 1 fully saturated rings. The van der Waals surface area contributed by atoms with Gasteiger partial charge in [-0.05, 0) is 37.6 Å². The number of carbonyl (C=O) groups excluding carboxylic acids is 1. The topological polar surface area (TPSA) is 110 Å². The second-order valence-electron chi connectivity index (χ2n) is 7.93. The van der Waals surface area contributed by atoms with E-state index in [1.807, 2.05) is 38.1 Å². The van der Waals surface area contributed by atoms with Crippen LogP contribution in [0.5, 0.6) is 5.75 Å². The zero-order chi connectivity index (χ0) is 24.1. The monoisotopic (exact) mass is 487 g/mol. The predicted octanol–water partition coefficient (Wildman–Crippen LogP) is 3.41. The van der Waals surface area contributed by atoms with Crippen LogP contribution in [0, 0.1) is 0 Å². The summed E-state index contributed by atoms with van der Waals surface area (Å²) in [7, 11) is -3.68. The second kappa shape index (κ2) is 10.5. The number of carbonyl (C=O) groups is 1.